The predicted molar refractivity (Wildman–Crippen MR) is 60.1 cm³/mol. The first-order valence-corrected chi connectivity index (χ1v) is 5.77. The first kappa shape index (κ1) is 13.6. The van der Waals surface area contributed by atoms with Gasteiger partial charge < -0.3 is 4.74 Å². The molecule has 0 spiro atoms. The lowest BCUT2D eigenvalue weighted by atomic mass is 9.75. The van der Waals surface area contributed by atoms with Gasteiger partial charge in [0.15, 0.2) is 5.41 Å². The molecule has 1 aliphatic rings. The van der Waals surface area contributed by atoms with Gasteiger partial charge in [-0.05, 0) is 20.3 Å². The second-order valence-electron chi connectivity index (χ2n) is 4.06. The van der Waals surface area contributed by atoms with E-state index in [2.05, 4.69) is 10.6 Å². The summed E-state index contributed by atoms with van der Waals surface area (Å²) in [5.74, 6) is -1.15. The van der Waals surface area contributed by atoms with Crippen molar-refractivity contribution in [2.75, 3.05) is 6.61 Å². The van der Waals surface area contributed by atoms with Crippen LogP contribution >= 0.6 is 0 Å². The molecule has 0 aliphatic carbocycles. The molecule has 1 atom stereocenters. The van der Waals surface area contributed by atoms with Crippen LogP contribution in [-0.4, -0.2) is 30.6 Å². The van der Waals surface area contributed by atoms with E-state index in [1.807, 2.05) is 6.92 Å². The zero-order valence-corrected chi connectivity index (χ0v) is 10.3. The van der Waals surface area contributed by atoms with E-state index in [1.54, 1.807) is 13.8 Å². The monoisotopic (exact) mass is 242 g/mol. The molecule has 0 aromatic rings. The minimum atomic E-state index is -1.31. The van der Waals surface area contributed by atoms with Crippen molar-refractivity contribution in [2.24, 2.45) is 5.41 Å². The smallest absolute Gasteiger partial charge is 0.328 e. The summed E-state index contributed by atoms with van der Waals surface area (Å²) in [5.41, 5.74) is -1.31. The van der Waals surface area contributed by atoms with Gasteiger partial charge in [0.1, 0.15) is 0 Å². The normalized spacial score (nSPS) is 20.8. The lowest BCUT2D eigenvalue weighted by Gasteiger charge is -2.37. The number of amides is 4. The van der Waals surface area contributed by atoms with E-state index < -0.39 is 29.4 Å². The van der Waals surface area contributed by atoms with Crippen LogP contribution in [0, 0.1) is 5.41 Å². The molecule has 96 valence electrons. The molecule has 1 aliphatic heterocycles. The highest BCUT2D eigenvalue weighted by Gasteiger charge is 2.53. The number of barbiturate groups is 1. The number of carbonyl (C=O) groups is 3. The lowest BCUT2D eigenvalue weighted by molar-refractivity contribution is -0.155. The second-order valence-corrected chi connectivity index (χ2v) is 4.06. The third kappa shape index (κ3) is 2.31. The van der Waals surface area contributed by atoms with Gasteiger partial charge in [-0.1, -0.05) is 13.3 Å². The van der Waals surface area contributed by atoms with E-state index in [0.717, 1.165) is 0 Å². The van der Waals surface area contributed by atoms with Crippen LogP contribution in [0.2, 0.25) is 0 Å². The van der Waals surface area contributed by atoms with Crippen molar-refractivity contribution in [3.05, 3.63) is 0 Å². The van der Waals surface area contributed by atoms with Crippen molar-refractivity contribution in [1.29, 1.82) is 0 Å². The van der Waals surface area contributed by atoms with Crippen LogP contribution in [0.1, 0.15) is 33.6 Å². The second kappa shape index (κ2) is 5.27. The molecule has 6 heteroatoms. The average molecular weight is 242 g/mol. The summed E-state index contributed by atoms with van der Waals surface area (Å²) in [7, 11) is 0. The van der Waals surface area contributed by atoms with E-state index in [0.29, 0.717) is 19.4 Å². The lowest BCUT2D eigenvalue weighted by Crippen LogP contribution is -2.66. The molecule has 1 fully saturated rings. The van der Waals surface area contributed by atoms with E-state index in [-0.39, 0.29) is 0 Å². The first-order valence-electron chi connectivity index (χ1n) is 5.77. The molecule has 0 aromatic heterocycles. The van der Waals surface area contributed by atoms with E-state index >= 15 is 0 Å². The van der Waals surface area contributed by atoms with Crippen LogP contribution in [0.25, 0.3) is 0 Å². The summed E-state index contributed by atoms with van der Waals surface area (Å²) in [6.45, 7) is 5.74. The van der Waals surface area contributed by atoms with E-state index in [4.69, 9.17) is 4.74 Å². The van der Waals surface area contributed by atoms with Crippen LogP contribution in [0.4, 0.5) is 4.79 Å². The van der Waals surface area contributed by atoms with Gasteiger partial charge in [-0.3, -0.25) is 20.2 Å². The fraction of sp³-hybridized carbons (Fsp3) is 0.727. The summed E-state index contributed by atoms with van der Waals surface area (Å²) in [5, 5.41) is 4.27. The number of rotatable bonds is 5. The largest absolute Gasteiger partial charge is 0.377 e. The molecule has 0 aromatic carbocycles. The molecule has 6 nitrogen and oxygen atoms in total. The number of hydrogen-bond donors (Lipinski definition) is 2. The van der Waals surface area contributed by atoms with Crippen LogP contribution in [0.3, 0.4) is 0 Å². The van der Waals surface area contributed by atoms with Gasteiger partial charge in [0.05, 0.1) is 6.10 Å². The molecule has 0 bridgehead atoms. The predicted octanol–water partition coefficient (Wildman–Crippen LogP) is 0.564. The highest BCUT2D eigenvalue weighted by molar-refractivity contribution is 6.19. The number of carbonyl (C=O) groups excluding carboxylic acids is 3. The van der Waals surface area contributed by atoms with Crippen molar-refractivity contribution in [3.63, 3.8) is 0 Å². The Morgan fingerprint density at radius 1 is 1.18 bits per heavy atom. The number of urea groups is 1. The summed E-state index contributed by atoms with van der Waals surface area (Å²) >= 11 is 0. The van der Waals surface area contributed by atoms with Crippen LogP contribution in [0.15, 0.2) is 0 Å². The van der Waals surface area contributed by atoms with Crippen molar-refractivity contribution < 1.29 is 19.1 Å². The molecule has 1 unspecified atom stereocenters. The maximum absolute atomic E-state index is 12.0. The quantitative estimate of drug-likeness (QED) is 0.690. The Balaban J connectivity index is 3.07. The van der Waals surface area contributed by atoms with Crippen LogP contribution in [0.5, 0.6) is 0 Å². The Bertz CT molecular complexity index is 320. The SMILES string of the molecule is CCCC1(C(C)OCC)C(=O)NC(=O)NC1=O. The maximum Gasteiger partial charge on any atom is 0.328 e. The number of hydrogen-bond acceptors (Lipinski definition) is 4. The number of imide groups is 2. The number of nitrogens with one attached hydrogen (secondary N) is 2. The zero-order valence-electron chi connectivity index (χ0n) is 10.3. The highest BCUT2D eigenvalue weighted by Crippen LogP contribution is 2.32. The van der Waals surface area contributed by atoms with E-state index in [9.17, 15) is 14.4 Å². The van der Waals surface area contributed by atoms with Gasteiger partial charge in [-0.15, -0.1) is 0 Å². The summed E-state index contributed by atoms with van der Waals surface area (Å²) in [6.07, 6.45) is 0.423. The summed E-state index contributed by atoms with van der Waals surface area (Å²) in [4.78, 5) is 35.0. The molecule has 2 N–H and O–H groups in total. The Labute approximate surface area is 100 Å². The molecular formula is C11H18N2O4. The van der Waals surface area contributed by atoms with Gasteiger partial charge in [-0.2, -0.15) is 0 Å². The molecule has 17 heavy (non-hydrogen) atoms. The average Bonchev–Trinajstić information content (AvgIpc) is 2.23. The van der Waals surface area contributed by atoms with Crippen molar-refractivity contribution in [3.8, 4) is 0 Å². The Hall–Kier alpha value is -1.43. The Morgan fingerprint density at radius 3 is 2.12 bits per heavy atom. The molecule has 4 amide bonds. The maximum atomic E-state index is 12.0. The fourth-order valence-corrected chi connectivity index (χ4v) is 2.15. The van der Waals surface area contributed by atoms with Crippen molar-refractivity contribution >= 4 is 17.8 Å². The molecule has 1 heterocycles. The fourth-order valence-electron chi connectivity index (χ4n) is 2.15. The van der Waals surface area contributed by atoms with Crippen molar-refractivity contribution in [2.45, 2.75) is 39.7 Å². The molecule has 0 radical (unpaired) electrons. The molecule has 0 saturated carbocycles. The Morgan fingerprint density at radius 2 is 1.71 bits per heavy atom. The first-order chi connectivity index (χ1) is 7.98. The highest BCUT2D eigenvalue weighted by atomic mass is 16.5. The molecular weight excluding hydrogens is 224 g/mol. The van der Waals surface area contributed by atoms with Crippen LogP contribution in [-0.2, 0) is 14.3 Å². The third-order valence-electron chi connectivity index (χ3n) is 3.02. The minimum Gasteiger partial charge on any atom is -0.377 e. The van der Waals surface area contributed by atoms with Gasteiger partial charge in [0, 0.05) is 6.61 Å². The van der Waals surface area contributed by atoms with Gasteiger partial charge in [0.2, 0.25) is 11.8 Å². The summed E-state index contributed by atoms with van der Waals surface area (Å²) < 4.78 is 5.38. The molecule has 1 saturated heterocycles. The van der Waals surface area contributed by atoms with Crippen molar-refractivity contribution in [1.82, 2.24) is 10.6 Å². The van der Waals surface area contributed by atoms with E-state index in [1.165, 1.54) is 0 Å². The van der Waals surface area contributed by atoms with Gasteiger partial charge >= 0.3 is 6.03 Å². The minimum absolute atomic E-state index is 0.346. The van der Waals surface area contributed by atoms with Crippen LogP contribution < -0.4 is 10.6 Å². The molecule has 1 rings (SSSR count). The topological polar surface area (TPSA) is 84.5 Å². The third-order valence-corrected chi connectivity index (χ3v) is 3.02. The zero-order chi connectivity index (χ0) is 13.1. The van der Waals surface area contributed by atoms with Gasteiger partial charge in [0.25, 0.3) is 0 Å². The standard InChI is InChI=1S/C11H18N2O4/c1-4-6-11(7(3)17-5-2)8(14)12-10(16)13-9(11)15/h7H,4-6H2,1-3H3,(H2,12,13,14,15,16). The van der Waals surface area contributed by atoms with Gasteiger partial charge in [-0.25, -0.2) is 4.79 Å². The Kier molecular flexibility index (Phi) is 4.22. The summed E-state index contributed by atoms with van der Waals surface area (Å²) in [6, 6.07) is -0.768. The number of ether oxygens (including phenoxy) is 1.